The number of nitrogens with zero attached hydrogens (tertiary/aromatic N) is 5. The maximum atomic E-state index is 14.0. The average molecular weight is 558 g/mol. The summed E-state index contributed by atoms with van der Waals surface area (Å²) < 4.78 is 87.4. The number of halogens is 5. The predicted molar refractivity (Wildman–Crippen MR) is 126 cm³/mol. The second-order valence-corrected chi connectivity index (χ2v) is 10.3. The Morgan fingerprint density at radius 3 is 2.49 bits per heavy atom. The summed E-state index contributed by atoms with van der Waals surface area (Å²) in [5.74, 6) is -1.72. The van der Waals surface area contributed by atoms with Crippen LogP contribution in [0, 0.1) is 0 Å². The van der Waals surface area contributed by atoms with Gasteiger partial charge >= 0.3 is 6.36 Å². The number of imidazole rings is 1. The Bertz CT molecular complexity index is 1470. The molecule has 0 aliphatic carbocycles. The van der Waals surface area contributed by atoms with Crippen molar-refractivity contribution in [2.45, 2.75) is 39.2 Å². The van der Waals surface area contributed by atoms with E-state index in [9.17, 15) is 26.0 Å². The van der Waals surface area contributed by atoms with Crippen LogP contribution in [-0.2, 0) is 27.7 Å². The molecule has 3 heterocycles. The van der Waals surface area contributed by atoms with Crippen LogP contribution >= 0.6 is 11.6 Å². The molecule has 0 radical (unpaired) electrons. The minimum Gasteiger partial charge on any atom is -0.409 e. The summed E-state index contributed by atoms with van der Waals surface area (Å²) in [5, 5.41) is 0.126. The predicted octanol–water partition coefficient (Wildman–Crippen LogP) is 5.39. The van der Waals surface area contributed by atoms with Gasteiger partial charge in [-0.1, -0.05) is 41.9 Å². The van der Waals surface area contributed by atoms with E-state index in [2.05, 4.69) is 19.7 Å². The van der Waals surface area contributed by atoms with Crippen molar-refractivity contribution >= 4 is 21.6 Å². The lowest BCUT2D eigenvalue weighted by molar-refractivity contribution is -0.305. The normalized spacial score (nSPS) is 17.5. The zero-order chi connectivity index (χ0) is 27.0. The summed E-state index contributed by atoms with van der Waals surface area (Å²) in [7, 11) is -4.85. The summed E-state index contributed by atoms with van der Waals surface area (Å²) in [6, 6.07) is 7.72. The van der Waals surface area contributed by atoms with E-state index in [1.54, 1.807) is 30.3 Å². The molecule has 1 aliphatic heterocycles. The summed E-state index contributed by atoms with van der Waals surface area (Å²) >= 11 is 6.39. The lowest BCUT2D eigenvalue weighted by Crippen LogP contribution is -2.37. The van der Waals surface area contributed by atoms with Gasteiger partial charge in [0, 0.05) is 12.4 Å². The smallest absolute Gasteiger partial charge is 0.409 e. The van der Waals surface area contributed by atoms with Gasteiger partial charge in [0.25, 0.3) is 0 Å². The highest BCUT2D eigenvalue weighted by molar-refractivity contribution is 7.93. The van der Waals surface area contributed by atoms with Crippen LogP contribution < -0.4 is 0 Å². The van der Waals surface area contributed by atoms with E-state index >= 15 is 0 Å². The third-order valence-electron chi connectivity index (χ3n) is 5.47. The first-order chi connectivity index (χ1) is 17.4. The summed E-state index contributed by atoms with van der Waals surface area (Å²) in [6.07, 6.45) is -0.621. The summed E-state index contributed by atoms with van der Waals surface area (Å²) in [5.41, 5.74) is 0.869. The quantitative estimate of drug-likeness (QED) is 0.229. The molecule has 0 fully saturated rings. The molecule has 4 rings (SSSR count). The molecule has 8 nitrogen and oxygen atoms in total. The van der Waals surface area contributed by atoms with Crippen molar-refractivity contribution in [1.29, 1.82) is 0 Å². The largest absolute Gasteiger partial charge is 0.572 e. The minimum atomic E-state index is -5.20. The highest BCUT2D eigenvalue weighted by atomic mass is 35.5. The summed E-state index contributed by atoms with van der Waals surface area (Å²) in [6.45, 7) is 1.30. The lowest BCUT2D eigenvalue weighted by Gasteiger charge is -2.29. The van der Waals surface area contributed by atoms with Crippen molar-refractivity contribution in [2.24, 2.45) is 0 Å². The molecule has 2 aromatic heterocycles. The van der Waals surface area contributed by atoms with Crippen molar-refractivity contribution in [3.8, 4) is 5.82 Å². The molecule has 1 atom stereocenters. The van der Waals surface area contributed by atoms with E-state index in [4.69, 9.17) is 11.6 Å². The third-order valence-corrected chi connectivity index (χ3v) is 7.69. The molecule has 0 saturated carbocycles. The topological polar surface area (TPSA) is 90.2 Å². The van der Waals surface area contributed by atoms with Crippen LogP contribution in [0.5, 0.6) is 0 Å². The van der Waals surface area contributed by atoms with Gasteiger partial charge in [-0.2, -0.15) is 4.31 Å². The van der Waals surface area contributed by atoms with Crippen LogP contribution in [0.4, 0.5) is 17.6 Å². The first-order valence-electron chi connectivity index (χ1n) is 10.8. The van der Waals surface area contributed by atoms with Crippen molar-refractivity contribution in [3.05, 3.63) is 93.7 Å². The number of ether oxygens (including phenoxy) is 1. The summed E-state index contributed by atoms with van der Waals surface area (Å²) in [4.78, 5) is 11.8. The number of hydrogen-bond acceptors (Lipinski definition) is 6. The van der Waals surface area contributed by atoms with Crippen LogP contribution in [-0.4, -0.2) is 38.6 Å². The van der Waals surface area contributed by atoms with E-state index in [0.717, 1.165) is 18.2 Å². The van der Waals surface area contributed by atoms with Gasteiger partial charge in [0.2, 0.25) is 10.0 Å². The van der Waals surface area contributed by atoms with Gasteiger partial charge < -0.3 is 4.74 Å². The Hall–Kier alpha value is -3.29. The van der Waals surface area contributed by atoms with Gasteiger partial charge in [0.05, 0.1) is 30.3 Å². The second-order valence-electron chi connectivity index (χ2n) is 8.06. The van der Waals surface area contributed by atoms with Crippen LogP contribution in [0.1, 0.15) is 37.0 Å². The molecule has 196 valence electrons. The highest BCUT2D eigenvalue weighted by Crippen LogP contribution is 2.39. The lowest BCUT2D eigenvalue weighted by atomic mass is 10.1. The first-order valence-corrected chi connectivity index (χ1v) is 12.6. The molecule has 1 unspecified atom stereocenters. The van der Waals surface area contributed by atoms with Crippen LogP contribution in [0.2, 0.25) is 5.15 Å². The Morgan fingerprint density at radius 2 is 1.84 bits per heavy atom. The molecule has 37 heavy (non-hydrogen) atoms. The zero-order valence-electron chi connectivity index (χ0n) is 19.4. The van der Waals surface area contributed by atoms with E-state index < -0.39 is 45.5 Å². The van der Waals surface area contributed by atoms with E-state index in [-0.39, 0.29) is 28.9 Å². The van der Waals surface area contributed by atoms with Crippen LogP contribution in [0.15, 0.2) is 71.5 Å². The molecule has 0 bridgehead atoms. The fraction of sp³-hybridized carbons (Fsp3) is 0.261. The van der Waals surface area contributed by atoms with Crippen molar-refractivity contribution in [1.82, 2.24) is 23.8 Å². The average Bonchev–Trinajstić information content (AvgIpc) is 3.13. The number of allylic oxidation sites excluding steroid dienone is 3. The molecule has 0 saturated heterocycles. The molecule has 0 N–H and O–H groups in total. The van der Waals surface area contributed by atoms with Gasteiger partial charge in [-0.05, 0) is 31.9 Å². The number of benzene rings is 1. The number of sulfonamides is 1. The maximum absolute atomic E-state index is 14.0. The van der Waals surface area contributed by atoms with E-state index in [0.29, 0.717) is 11.6 Å². The Balaban J connectivity index is 1.97. The second kappa shape index (κ2) is 10.2. The molecule has 0 spiro atoms. The third kappa shape index (κ3) is 5.68. The number of aromatic nitrogens is 4. The molecule has 1 aliphatic rings. The molecule has 14 heteroatoms. The van der Waals surface area contributed by atoms with Crippen molar-refractivity contribution in [2.75, 3.05) is 0 Å². The standard InChI is InChI=1S/C23H20ClF4N5O3S/c1-14(25)10-19(15(2)36-23(26,27)28)37(34,35)32-13-17-21(30-9-8-29-17)33-20(24)12-31-22(33)18(32)11-16-6-4-3-5-7-16/h3-10,12,18H,11,13H2,1-2H3. The molecular weight excluding hydrogens is 538 g/mol. The Morgan fingerprint density at radius 1 is 1.16 bits per heavy atom. The van der Waals surface area contributed by atoms with Crippen molar-refractivity contribution in [3.63, 3.8) is 0 Å². The Labute approximate surface area is 214 Å². The van der Waals surface area contributed by atoms with Gasteiger partial charge in [0.1, 0.15) is 21.6 Å². The maximum Gasteiger partial charge on any atom is 0.572 e. The SMILES string of the molecule is CC(F)=CC(=C(C)OC(F)(F)F)S(=O)(=O)N1Cc2nccnc2-n2c(Cl)cnc2C1Cc1ccccc1. The first kappa shape index (κ1) is 26.8. The van der Waals surface area contributed by atoms with Gasteiger partial charge in [-0.25, -0.2) is 22.8 Å². The van der Waals surface area contributed by atoms with E-state index in [1.807, 2.05) is 0 Å². The molecular formula is C23H20ClF4N5O3S. The molecule has 1 aromatic carbocycles. The monoisotopic (exact) mass is 557 g/mol. The van der Waals surface area contributed by atoms with Crippen molar-refractivity contribution < 1.29 is 30.7 Å². The van der Waals surface area contributed by atoms with Crippen LogP contribution in [0.3, 0.4) is 0 Å². The van der Waals surface area contributed by atoms with Gasteiger partial charge in [-0.15, -0.1) is 13.2 Å². The number of hydrogen-bond donors (Lipinski definition) is 0. The Kier molecular flexibility index (Phi) is 7.40. The van der Waals surface area contributed by atoms with Gasteiger partial charge in [-0.3, -0.25) is 9.55 Å². The van der Waals surface area contributed by atoms with E-state index in [1.165, 1.54) is 23.2 Å². The van der Waals surface area contributed by atoms with Crippen LogP contribution in [0.25, 0.3) is 5.82 Å². The number of rotatable bonds is 6. The molecule has 3 aromatic rings. The fourth-order valence-corrected chi connectivity index (χ4v) is 5.99. The minimum absolute atomic E-state index is 0.0617. The molecule has 0 amide bonds. The zero-order valence-corrected chi connectivity index (χ0v) is 21.0. The number of alkyl halides is 3. The van der Waals surface area contributed by atoms with Gasteiger partial charge in [0.15, 0.2) is 5.82 Å². The number of fused-ring (bicyclic) bond motifs is 3. The highest BCUT2D eigenvalue weighted by Gasteiger charge is 2.42. The fourth-order valence-electron chi connectivity index (χ4n) is 4.00.